The van der Waals surface area contributed by atoms with E-state index in [2.05, 4.69) is 0 Å². The van der Waals surface area contributed by atoms with E-state index >= 15 is 0 Å². The first-order chi connectivity index (χ1) is 13.3. The molecule has 0 radical (unpaired) electrons. The third-order valence-electron chi connectivity index (χ3n) is 4.83. The summed E-state index contributed by atoms with van der Waals surface area (Å²) >= 11 is 6.55. The molecule has 2 aliphatic heterocycles. The largest absolute Gasteiger partial charge is 0.339 e. The zero-order valence-electron chi connectivity index (χ0n) is 15.5. The number of thiocarbonyl (C=S) groups is 1. The molecule has 2 heterocycles. The Labute approximate surface area is 174 Å². The van der Waals surface area contributed by atoms with Crippen molar-refractivity contribution in [3.8, 4) is 0 Å². The summed E-state index contributed by atoms with van der Waals surface area (Å²) in [5, 5.41) is 0. The van der Waals surface area contributed by atoms with E-state index in [1.807, 2.05) is 37.3 Å². The maximum Gasteiger partial charge on any atom is 0.266 e. The highest BCUT2D eigenvalue weighted by molar-refractivity contribution is 8.26. The van der Waals surface area contributed by atoms with Gasteiger partial charge in [-0.05, 0) is 25.0 Å². The van der Waals surface area contributed by atoms with E-state index in [4.69, 9.17) is 12.2 Å². The highest BCUT2D eigenvalue weighted by atomic mass is 32.2. The van der Waals surface area contributed by atoms with E-state index in [1.54, 1.807) is 11.0 Å². The second kappa shape index (κ2) is 8.75. The molecule has 0 aliphatic carbocycles. The van der Waals surface area contributed by atoms with Crippen LogP contribution in [0.25, 0.3) is 6.08 Å². The van der Waals surface area contributed by atoms with Crippen molar-refractivity contribution in [1.29, 1.82) is 0 Å². The first-order valence-corrected chi connectivity index (χ1v) is 12.2. The van der Waals surface area contributed by atoms with Crippen molar-refractivity contribution in [1.82, 2.24) is 9.80 Å². The lowest BCUT2D eigenvalue weighted by atomic mass is 10.2. The average molecular weight is 439 g/mol. The Hall–Kier alpha value is -1.71. The van der Waals surface area contributed by atoms with Crippen LogP contribution in [0.15, 0.2) is 35.2 Å². The van der Waals surface area contributed by atoms with Gasteiger partial charge in [-0.2, -0.15) is 0 Å². The maximum atomic E-state index is 12.7. The van der Waals surface area contributed by atoms with Crippen molar-refractivity contribution >= 4 is 56.0 Å². The molecule has 0 aromatic heterocycles. The third-order valence-corrected chi connectivity index (χ3v) is 7.96. The fraction of sp³-hybridized carbons (Fsp3) is 0.421. The van der Waals surface area contributed by atoms with Gasteiger partial charge in [-0.3, -0.25) is 14.5 Å². The zero-order valence-corrected chi connectivity index (χ0v) is 18.0. The Bertz CT molecular complexity index is 912. The van der Waals surface area contributed by atoms with E-state index < -0.39 is 9.84 Å². The molecule has 150 valence electrons. The van der Waals surface area contributed by atoms with Crippen LogP contribution in [0.1, 0.15) is 25.3 Å². The number of thioether (sulfide) groups is 1. The summed E-state index contributed by atoms with van der Waals surface area (Å²) < 4.78 is 23.8. The summed E-state index contributed by atoms with van der Waals surface area (Å²) in [7, 11) is -3.06. The second-order valence-electron chi connectivity index (χ2n) is 6.73. The van der Waals surface area contributed by atoms with Gasteiger partial charge in [-0.25, -0.2) is 8.42 Å². The molecular weight excluding hydrogens is 416 g/mol. The smallest absolute Gasteiger partial charge is 0.266 e. The summed E-state index contributed by atoms with van der Waals surface area (Å²) in [6, 6.07) is 9.24. The lowest BCUT2D eigenvalue weighted by molar-refractivity contribution is -0.133. The molecule has 0 spiro atoms. The van der Waals surface area contributed by atoms with Gasteiger partial charge < -0.3 is 4.90 Å². The van der Waals surface area contributed by atoms with Crippen LogP contribution in [-0.2, 0) is 19.4 Å². The number of amides is 2. The van der Waals surface area contributed by atoms with Crippen LogP contribution in [0.4, 0.5) is 0 Å². The number of benzene rings is 1. The minimum Gasteiger partial charge on any atom is -0.339 e. The number of sulfone groups is 1. The van der Waals surface area contributed by atoms with Crippen LogP contribution < -0.4 is 0 Å². The predicted molar refractivity (Wildman–Crippen MR) is 115 cm³/mol. The van der Waals surface area contributed by atoms with Crippen LogP contribution in [-0.4, -0.2) is 65.0 Å². The van der Waals surface area contributed by atoms with Crippen LogP contribution >= 0.6 is 24.0 Å². The van der Waals surface area contributed by atoms with Gasteiger partial charge in [0.2, 0.25) is 5.91 Å². The zero-order chi connectivity index (χ0) is 20.3. The van der Waals surface area contributed by atoms with Crippen LogP contribution in [0.2, 0.25) is 0 Å². The van der Waals surface area contributed by atoms with Crippen molar-refractivity contribution in [3.05, 3.63) is 40.8 Å². The quantitative estimate of drug-likeness (QED) is 0.501. The lowest BCUT2D eigenvalue weighted by Gasteiger charge is -2.27. The second-order valence-corrected chi connectivity index (χ2v) is 10.6. The molecule has 2 fully saturated rings. The van der Waals surface area contributed by atoms with Gasteiger partial charge in [0.15, 0.2) is 9.84 Å². The van der Waals surface area contributed by atoms with E-state index in [0.29, 0.717) is 22.2 Å². The number of rotatable bonds is 6. The Morgan fingerprint density at radius 1 is 1.36 bits per heavy atom. The number of hydrogen-bond donors (Lipinski definition) is 0. The molecule has 2 amide bonds. The molecular formula is C19H22N2O4S3. The molecule has 0 bridgehead atoms. The van der Waals surface area contributed by atoms with Gasteiger partial charge in [0.1, 0.15) is 4.32 Å². The molecule has 0 N–H and O–H groups in total. The predicted octanol–water partition coefficient (Wildman–Crippen LogP) is 2.31. The monoisotopic (exact) mass is 438 g/mol. The average Bonchev–Trinajstić information content (AvgIpc) is 3.14. The molecule has 9 heteroatoms. The van der Waals surface area contributed by atoms with Crippen molar-refractivity contribution < 1.29 is 18.0 Å². The Morgan fingerprint density at radius 3 is 2.68 bits per heavy atom. The number of carbonyl (C=O) groups is 2. The van der Waals surface area contributed by atoms with Crippen molar-refractivity contribution in [2.24, 2.45) is 0 Å². The summed E-state index contributed by atoms with van der Waals surface area (Å²) in [4.78, 5) is 28.9. The molecule has 1 atom stereocenters. The molecule has 3 rings (SSSR count). The molecule has 28 heavy (non-hydrogen) atoms. The van der Waals surface area contributed by atoms with Gasteiger partial charge in [0, 0.05) is 25.6 Å². The minimum absolute atomic E-state index is 0.0213. The van der Waals surface area contributed by atoms with Crippen LogP contribution in [0.3, 0.4) is 0 Å². The number of nitrogens with zero attached hydrogens (tertiary/aromatic N) is 2. The Balaban J connectivity index is 1.62. The van der Waals surface area contributed by atoms with Crippen LogP contribution in [0.5, 0.6) is 0 Å². The summed E-state index contributed by atoms with van der Waals surface area (Å²) in [5.41, 5.74) is 0.915. The molecule has 1 aromatic rings. The van der Waals surface area contributed by atoms with Gasteiger partial charge in [0.05, 0.1) is 16.4 Å². The number of hydrogen-bond acceptors (Lipinski definition) is 6. The van der Waals surface area contributed by atoms with Crippen molar-refractivity contribution in [2.45, 2.75) is 25.8 Å². The Morgan fingerprint density at radius 2 is 2.07 bits per heavy atom. The number of carbonyl (C=O) groups excluding carboxylic acids is 2. The maximum absolute atomic E-state index is 12.7. The first-order valence-electron chi connectivity index (χ1n) is 9.11. The highest BCUT2D eigenvalue weighted by Gasteiger charge is 2.35. The standard InChI is InChI=1S/C19H22N2O4S3/c1-2-20(15-9-11-28(24,25)13-15)17(22)8-10-21-18(23)16(27-19(21)26)12-14-6-4-3-5-7-14/h3-7,12,15H,2,8-11,13H2,1H3/b16-12+. The molecule has 1 unspecified atom stereocenters. The van der Waals surface area contributed by atoms with Crippen molar-refractivity contribution in [2.75, 3.05) is 24.6 Å². The van der Waals surface area contributed by atoms with E-state index in [1.165, 1.54) is 16.7 Å². The normalized spacial score (nSPS) is 22.8. The summed E-state index contributed by atoms with van der Waals surface area (Å²) in [5.74, 6) is -0.197. The molecule has 0 saturated carbocycles. The van der Waals surface area contributed by atoms with Gasteiger partial charge in [-0.15, -0.1) is 0 Å². The summed E-state index contributed by atoms with van der Waals surface area (Å²) in [6.07, 6.45) is 2.39. The molecule has 2 saturated heterocycles. The van der Waals surface area contributed by atoms with E-state index in [9.17, 15) is 18.0 Å². The Kier molecular flexibility index (Phi) is 6.57. The molecule has 6 nitrogen and oxygen atoms in total. The topological polar surface area (TPSA) is 74.8 Å². The van der Waals surface area contributed by atoms with E-state index in [-0.39, 0.29) is 42.3 Å². The van der Waals surface area contributed by atoms with Gasteiger partial charge in [0.25, 0.3) is 5.91 Å². The third kappa shape index (κ3) is 4.82. The first kappa shape index (κ1) is 21.0. The SMILES string of the molecule is CCN(C(=O)CCN1C(=O)/C(=C\c2ccccc2)SC1=S)C1CCS(=O)(=O)C1. The summed E-state index contributed by atoms with van der Waals surface area (Å²) in [6.45, 7) is 2.49. The van der Waals surface area contributed by atoms with Gasteiger partial charge >= 0.3 is 0 Å². The molecule has 1 aromatic carbocycles. The van der Waals surface area contributed by atoms with Crippen LogP contribution in [0, 0.1) is 0 Å². The fourth-order valence-electron chi connectivity index (χ4n) is 3.40. The van der Waals surface area contributed by atoms with Gasteiger partial charge in [-0.1, -0.05) is 54.3 Å². The van der Waals surface area contributed by atoms with E-state index in [0.717, 1.165) is 5.56 Å². The highest BCUT2D eigenvalue weighted by Crippen LogP contribution is 2.32. The lowest BCUT2D eigenvalue weighted by Crippen LogP contribution is -2.42. The molecule has 2 aliphatic rings. The fourth-order valence-corrected chi connectivity index (χ4v) is 6.44. The van der Waals surface area contributed by atoms with Crippen molar-refractivity contribution in [3.63, 3.8) is 0 Å². The minimum atomic E-state index is -3.06.